The Balaban J connectivity index is 1.92. The van der Waals surface area contributed by atoms with Crippen molar-refractivity contribution in [1.82, 2.24) is 10.3 Å². The molecule has 23 heavy (non-hydrogen) atoms. The number of nitrogens with zero attached hydrogens (tertiary/aromatic N) is 1. The van der Waals surface area contributed by atoms with Gasteiger partial charge in [0.1, 0.15) is 18.1 Å². The molecule has 0 aliphatic carbocycles. The van der Waals surface area contributed by atoms with Crippen LogP contribution in [0.25, 0.3) is 21.2 Å². The summed E-state index contributed by atoms with van der Waals surface area (Å²) in [7, 11) is 0. The summed E-state index contributed by atoms with van der Waals surface area (Å²) in [4.78, 5) is 26.4. The largest absolute Gasteiger partial charge is 0.480 e. The van der Waals surface area contributed by atoms with E-state index in [-0.39, 0.29) is 11.5 Å². The van der Waals surface area contributed by atoms with Crippen molar-refractivity contribution in [3.8, 4) is 11.1 Å². The van der Waals surface area contributed by atoms with Gasteiger partial charge in [0.2, 0.25) is 0 Å². The second-order valence-corrected chi connectivity index (χ2v) is 5.71. The monoisotopic (exact) mass is 330 g/mol. The lowest BCUT2D eigenvalue weighted by atomic mass is 10.1. The number of fused-ring (bicyclic) bond motifs is 1. The van der Waals surface area contributed by atoms with Crippen LogP contribution in [0, 0.1) is 5.82 Å². The molecule has 0 spiro atoms. The number of carbonyl (C=O) groups excluding carboxylic acids is 1. The van der Waals surface area contributed by atoms with E-state index in [1.165, 1.54) is 23.5 Å². The van der Waals surface area contributed by atoms with Crippen LogP contribution in [0.15, 0.2) is 41.9 Å². The number of carbonyl (C=O) groups is 2. The van der Waals surface area contributed by atoms with Crippen molar-refractivity contribution in [2.45, 2.75) is 0 Å². The summed E-state index contributed by atoms with van der Waals surface area (Å²) in [6, 6.07) is 7.76. The highest BCUT2D eigenvalue weighted by Gasteiger charge is 2.12. The highest BCUT2D eigenvalue weighted by atomic mass is 32.1. The number of aromatic nitrogens is 1. The maximum Gasteiger partial charge on any atom is 0.322 e. The van der Waals surface area contributed by atoms with E-state index >= 15 is 0 Å². The van der Waals surface area contributed by atoms with E-state index in [1.54, 1.807) is 24.4 Å². The van der Waals surface area contributed by atoms with Gasteiger partial charge in [-0.15, -0.1) is 11.3 Å². The third-order valence-corrected chi connectivity index (χ3v) is 4.19. The molecule has 0 aliphatic heterocycles. The minimum atomic E-state index is -1.12. The average molecular weight is 330 g/mol. The van der Waals surface area contributed by atoms with Crippen molar-refractivity contribution in [2.24, 2.45) is 0 Å². The molecule has 0 aliphatic rings. The van der Waals surface area contributed by atoms with E-state index in [9.17, 15) is 14.0 Å². The van der Waals surface area contributed by atoms with E-state index in [2.05, 4.69) is 10.3 Å². The summed E-state index contributed by atoms with van der Waals surface area (Å²) >= 11 is 1.44. The lowest BCUT2D eigenvalue weighted by Gasteiger charge is -2.03. The first-order chi connectivity index (χ1) is 11.0. The topological polar surface area (TPSA) is 79.3 Å². The molecule has 3 aromatic rings. The highest BCUT2D eigenvalue weighted by Crippen LogP contribution is 2.33. The van der Waals surface area contributed by atoms with Crippen molar-refractivity contribution in [1.29, 1.82) is 0 Å². The zero-order valence-electron chi connectivity index (χ0n) is 11.7. The summed E-state index contributed by atoms with van der Waals surface area (Å²) in [6.07, 6.45) is 1.57. The van der Waals surface area contributed by atoms with Gasteiger partial charge in [-0.05, 0) is 29.1 Å². The molecule has 0 unspecified atom stereocenters. The van der Waals surface area contributed by atoms with Gasteiger partial charge in [-0.1, -0.05) is 12.1 Å². The Hall–Kier alpha value is -2.80. The van der Waals surface area contributed by atoms with Gasteiger partial charge >= 0.3 is 5.97 Å². The minimum absolute atomic E-state index is 0.159. The zero-order chi connectivity index (χ0) is 16.4. The Morgan fingerprint density at radius 1 is 1.26 bits per heavy atom. The molecule has 3 rings (SSSR count). The molecule has 5 nitrogen and oxygen atoms in total. The molecule has 0 radical (unpaired) electrons. The quantitative estimate of drug-likeness (QED) is 0.771. The second kappa shape index (κ2) is 6.13. The van der Waals surface area contributed by atoms with Crippen LogP contribution in [0.5, 0.6) is 0 Å². The molecular weight excluding hydrogens is 319 g/mol. The highest BCUT2D eigenvalue weighted by molar-refractivity contribution is 7.17. The molecule has 2 N–H and O–H groups in total. The summed E-state index contributed by atoms with van der Waals surface area (Å²) in [6.45, 7) is -0.455. The molecule has 2 heterocycles. The number of aliphatic carboxylic acids is 1. The number of hydrogen-bond donors (Lipinski definition) is 2. The molecule has 1 aromatic carbocycles. The van der Waals surface area contributed by atoms with Gasteiger partial charge in [0.05, 0.1) is 0 Å². The standard InChI is InChI=1S/C16H11FN2O3S/c17-10-3-1-9(2-4-10)12-8-23-14-5-13(18-6-11(12)14)16(22)19-7-15(20)21/h1-6,8H,7H2,(H,19,22)(H,20,21). The molecule has 0 fully saturated rings. The number of carboxylic acids is 1. The van der Waals surface area contributed by atoms with Gasteiger partial charge in [0.15, 0.2) is 0 Å². The van der Waals surface area contributed by atoms with E-state index in [0.717, 1.165) is 21.2 Å². The fourth-order valence-corrected chi connectivity index (χ4v) is 3.12. The molecule has 0 bridgehead atoms. The van der Waals surface area contributed by atoms with Crippen LogP contribution in [-0.2, 0) is 4.79 Å². The van der Waals surface area contributed by atoms with Crippen molar-refractivity contribution in [2.75, 3.05) is 6.54 Å². The number of hydrogen-bond acceptors (Lipinski definition) is 4. The van der Waals surface area contributed by atoms with Crippen LogP contribution >= 0.6 is 11.3 Å². The first-order valence-corrected chi connectivity index (χ1v) is 7.56. The SMILES string of the molecule is O=C(O)CNC(=O)c1cc2scc(-c3ccc(F)cc3)c2cn1. The number of amides is 1. The predicted octanol–water partition coefficient (Wildman–Crippen LogP) is 2.92. The zero-order valence-corrected chi connectivity index (χ0v) is 12.6. The fraction of sp³-hybridized carbons (Fsp3) is 0.0625. The summed E-state index contributed by atoms with van der Waals surface area (Å²) in [5, 5.41) is 13.6. The first kappa shape index (κ1) is 15.1. The van der Waals surface area contributed by atoms with Gasteiger partial charge in [-0.2, -0.15) is 0 Å². The van der Waals surface area contributed by atoms with Gasteiger partial charge in [-0.25, -0.2) is 4.39 Å². The Morgan fingerprint density at radius 3 is 2.70 bits per heavy atom. The van der Waals surface area contributed by atoms with Gasteiger partial charge in [0, 0.05) is 21.8 Å². The lowest BCUT2D eigenvalue weighted by Crippen LogP contribution is -2.29. The van der Waals surface area contributed by atoms with Crippen molar-refractivity contribution in [3.63, 3.8) is 0 Å². The number of carboxylic acid groups (broad SMARTS) is 1. The molecule has 7 heteroatoms. The third-order valence-electron chi connectivity index (χ3n) is 3.25. The summed E-state index contributed by atoms with van der Waals surface area (Å²) in [5.41, 5.74) is 1.93. The van der Waals surface area contributed by atoms with E-state index in [1.807, 2.05) is 5.38 Å². The van der Waals surface area contributed by atoms with E-state index in [0.29, 0.717) is 0 Å². The van der Waals surface area contributed by atoms with Crippen LogP contribution < -0.4 is 5.32 Å². The van der Waals surface area contributed by atoms with E-state index in [4.69, 9.17) is 5.11 Å². The third kappa shape index (κ3) is 3.19. The molecule has 0 atom stereocenters. The molecule has 1 amide bonds. The summed E-state index contributed by atoms with van der Waals surface area (Å²) in [5.74, 6) is -1.95. The summed E-state index contributed by atoms with van der Waals surface area (Å²) < 4.78 is 13.9. The second-order valence-electron chi connectivity index (χ2n) is 4.80. The van der Waals surface area contributed by atoms with Crippen LogP contribution in [-0.4, -0.2) is 28.5 Å². The number of nitrogens with one attached hydrogen (secondary N) is 1. The maximum absolute atomic E-state index is 13.0. The number of halogens is 1. The number of pyridine rings is 1. The molecular formula is C16H11FN2O3S. The van der Waals surface area contributed by atoms with E-state index < -0.39 is 18.4 Å². The average Bonchev–Trinajstić information content (AvgIpc) is 2.96. The molecule has 2 aromatic heterocycles. The van der Waals surface area contributed by atoms with Crippen molar-refractivity contribution < 1.29 is 19.1 Å². The lowest BCUT2D eigenvalue weighted by molar-refractivity contribution is -0.135. The molecule has 0 saturated heterocycles. The van der Waals surface area contributed by atoms with Crippen molar-refractivity contribution in [3.05, 3.63) is 53.4 Å². The molecule has 116 valence electrons. The Kier molecular flexibility index (Phi) is 4.03. The number of benzene rings is 1. The molecule has 0 saturated carbocycles. The first-order valence-electron chi connectivity index (χ1n) is 6.68. The van der Waals surface area contributed by atoms with Crippen LogP contribution in [0.4, 0.5) is 4.39 Å². The van der Waals surface area contributed by atoms with Gasteiger partial charge < -0.3 is 10.4 Å². The van der Waals surface area contributed by atoms with Crippen LogP contribution in [0.3, 0.4) is 0 Å². The smallest absolute Gasteiger partial charge is 0.322 e. The minimum Gasteiger partial charge on any atom is -0.480 e. The van der Waals surface area contributed by atoms with Crippen LogP contribution in [0.1, 0.15) is 10.5 Å². The Bertz CT molecular complexity index is 890. The number of rotatable bonds is 4. The van der Waals surface area contributed by atoms with Crippen molar-refractivity contribution >= 4 is 33.3 Å². The fourth-order valence-electron chi connectivity index (χ4n) is 2.15. The van der Waals surface area contributed by atoms with Gasteiger partial charge in [0.25, 0.3) is 5.91 Å². The van der Waals surface area contributed by atoms with Gasteiger partial charge in [-0.3, -0.25) is 14.6 Å². The Labute approximate surface area is 134 Å². The Morgan fingerprint density at radius 2 is 2.00 bits per heavy atom. The van der Waals surface area contributed by atoms with Crippen LogP contribution in [0.2, 0.25) is 0 Å². The number of thiophene rings is 1. The normalized spacial score (nSPS) is 10.7. The predicted molar refractivity (Wildman–Crippen MR) is 85.0 cm³/mol. The maximum atomic E-state index is 13.0.